The lowest BCUT2D eigenvalue weighted by Gasteiger charge is -2.08. The van der Waals surface area contributed by atoms with Crippen LogP contribution in [0.15, 0.2) is 45.6 Å². The molecular formula is C12H9Br2N3O2. The van der Waals surface area contributed by atoms with Crippen molar-refractivity contribution >= 4 is 43.2 Å². The van der Waals surface area contributed by atoms with Crippen molar-refractivity contribution in [3.63, 3.8) is 0 Å². The number of nitro benzene ring substituents is 1. The molecule has 19 heavy (non-hydrogen) atoms. The Morgan fingerprint density at radius 2 is 2.05 bits per heavy atom. The molecule has 2 aromatic rings. The molecule has 0 unspecified atom stereocenters. The van der Waals surface area contributed by atoms with Crippen molar-refractivity contribution in [3.05, 3.63) is 61.3 Å². The van der Waals surface area contributed by atoms with E-state index in [4.69, 9.17) is 0 Å². The molecule has 7 heteroatoms. The average molecular weight is 387 g/mol. The predicted octanol–water partition coefficient (Wildman–Crippen LogP) is 4.13. The maximum Gasteiger partial charge on any atom is 0.271 e. The maximum atomic E-state index is 10.7. The molecule has 98 valence electrons. The molecular weight excluding hydrogens is 378 g/mol. The van der Waals surface area contributed by atoms with Crippen LogP contribution in [0.3, 0.4) is 0 Å². The number of hydrogen-bond acceptors (Lipinski definition) is 4. The predicted molar refractivity (Wildman–Crippen MR) is 80.1 cm³/mol. The third-order valence-corrected chi connectivity index (χ3v) is 3.53. The molecule has 0 radical (unpaired) electrons. The van der Waals surface area contributed by atoms with E-state index >= 15 is 0 Å². The molecule has 2 rings (SSSR count). The summed E-state index contributed by atoms with van der Waals surface area (Å²) < 4.78 is 1.67. The molecule has 1 aromatic carbocycles. The number of anilines is 1. The summed E-state index contributed by atoms with van der Waals surface area (Å²) in [5.74, 6) is 0. The van der Waals surface area contributed by atoms with Crippen LogP contribution in [0, 0.1) is 10.1 Å². The Bertz CT molecular complexity index is 620. The number of rotatable bonds is 4. The Kier molecular flexibility index (Phi) is 4.49. The SMILES string of the molecule is O=[N+]([O-])c1ccc(Br)c(NCc2cncc(Br)c2)c1. The molecule has 0 aliphatic carbocycles. The summed E-state index contributed by atoms with van der Waals surface area (Å²) >= 11 is 6.70. The van der Waals surface area contributed by atoms with E-state index in [-0.39, 0.29) is 5.69 Å². The zero-order valence-electron chi connectivity index (χ0n) is 9.64. The molecule has 0 aliphatic rings. The molecule has 0 spiro atoms. The Hall–Kier alpha value is -1.47. The Balaban J connectivity index is 2.15. The van der Waals surface area contributed by atoms with Crippen LogP contribution in [0.4, 0.5) is 11.4 Å². The summed E-state index contributed by atoms with van der Waals surface area (Å²) in [6, 6.07) is 6.54. The molecule has 1 N–H and O–H groups in total. The summed E-state index contributed by atoms with van der Waals surface area (Å²) in [6.45, 7) is 0.534. The van der Waals surface area contributed by atoms with Crippen molar-refractivity contribution in [2.45, 2.75) is 6.54 Å². The quantitative estimate of drug-likeness (QED) is 0.633. The topological polar surface area (TPSA) is 68.1 Å². The minimum atomic E-state index is -0.418. The highest BCUT2D eigenvalue weighted by molar-refractivity contribution is 9.10. The third kappa shape index (κ3) is 3.74. The van der Waals surface area contributed by atoms with Gasteiger partial charge in [0.2, 0.25) is 0 Å². The lowest BCUT2D eigenvalue weighted by molar-refractivity contribution is -0.384. The fraction of sp³-hybridized carbons (Fsp3) is 0.0833. The number of nitrogens with one attached hydrogen (secondary N) is 1. The van der Waals surface area contributed by atoms with Crippen molar-refractivity contribution in [2.24, 2.45) is 0 Å². The number of halogens is 2. The molecule has 5 nitrogen and oxygen atoms in total. The lowest BCUT2D eigenvalue weighted by Crippen LogP contribution is -2.01. The first-order chi connectivity index (χ1) is 9.06. The van der Waals surface area contributed by atoms with Crippen LogP contribution in [-0.2, 0) is 6.54 Å². The second-order valence-electron chi connectivity index (χ2n) is 3.79. The van der Waals surface area contributed by atoms with Crippen molar-refractivity contribution in [1.29, 1.82) is 0 Å². The molecule has 0 fully saturated rings. The monoisotopic (exact) mass is 385 g/mol. The number of hydrogen-bond donors (Lipinski definition) is 1. The minimum Gasteiger partial charge on any atom is -0.380 e. The number of non-ortho nitro benzene ring substituents is 1. The van der Waals surface area contributed by atoms with E-state index < -0.39 is 4.92 Å². The molecule has 0 amide bonds. The summed E-state index contributed by atoms with van der Waals surface area (Å²) in [6.07, 6.45) is 3.44. The van der Waals surface area contributed by atoms with Crippen LogP contribution >= 0.6 is 31.9 Å². The van der Waals surface area contributed by atoms with E-state index in [1.807, 2.05) is 6.07 Å². The highest BCUT2D eigenvalue weighted by Crippen LogP contribution is 2.27. The minimum absolute atomic E-state index is 0.0538. The van der Waals surface area contributed by atoms with Crippen LogP contribution in [-0.4, -0.2) is 9.91 Å². The molecule has 1 aromatic heterocycles. The van der Waals surface area contributed by atoms with Gasteiger partial charge in [0.25, 0.3) is 5.69 Å². The summed E-state index contributed by atoms with van der Waals surface area (Å²) in [4.78, 5) is 14.4. The zero-order valence-corrected chi connectivity index (χ0v) is 12.8. The van der Waals surface area contributed by atoms with Crippen molar-refractivity contribution < 1.29 is 4.92 Å². The molecule has 0 aliphatic heterocycles. The first kappa shape index (κ1) is 14.0. The van der Waals surface area contributed by atoms with Crippen molar-refractivity contribution in [2.75, 3.05) is 5.32 Å². The van der Waals surface area contributed by atoms with E-state index in [1.54, 1.807) is 18.5 Å². The average Bonchev–Trinajstić information content (AvgIpc) is 2.37. The van der Waals surface area contributed by atoms with Crippen molar-refractivity contribution in [3.8, 4) is 0 Å². The standard InChI is InChI=1S/C12H9Br2N3O2/c13-9-3-8(5-15-7-9)6-16-12-4-10(17(18)19)1-2-11(12)14/h1-5,7,16H,6H2. The Morgan fingerprint density at radius 1 is 1.26 bits per heavy atom. The van der Waals surface area contributed by atoms with Gasteiger partial charge in [0, 0.05) is 40.0 Å². The van der Waals surface area contributed by atoms with Crippen LogP contribution in [0.25, 0.3) is 0 Å². The Labute approximate surface area is 126 Å². The molecule has 1 heterocycles. The van der Waals surface area contributed by atoms with E-state index in [2.05, 4.69) is 42.2 Å². The smallest absolute Gasteiger partial charge is 0.271 e. The fourth-order valence-corrected chi connectivity index (χ4v) is 2.31. The first-order valence-electron chi connectivity index (χ1n) is 5.33. The lowest BCUT2D eigenvalue weighted by atomic mass is 10.2. The number of nitro groups is 1. The number of nitrogens with zero attached hydrogens (tertiary/aromatic N) is 2. The summed E-state index contributed by atoms with van der Waals surface area (Å²) in [5.41, 5.74) is 1.71. The van der Waals surface area contributed by atoms with Gasteiger partial charge >= 0.3 is 0 Å². The van der Waals surface area contributed by atoms with Gasteiger partial charge in [-0.25, -0.2) is 0 Å². The first-order valence-corrected chi connectivity index (χ1v) is 6.92. The van der Waals surface area contributed by atoms with Gasteiger partial charge in [-0.15, -0.1) is 0 Å². The second kappa shape index (κ2) is 6.12. The van der Waals surface area contributed by atoms with Crippen molar-refractivity contribution in [1.82, 2.24) is 4.98 Å². The largest absolute Gasteiger partial charge is 0.380 e. The van der Waals surface area contributed by atoms with E-state index in [9.17, 15) is 10.1 Å². The van der Waals surface area contributed by atoms with Gasteiger partial charge in [-0.3, -0.25) is 15.1 Å². The van der Waals surface area contributed by atoms with Crippen LogP contribution < -0.4 is 5.32 Å². The van der Waals surface area contributed by atoms with E-state index in [1.165, 1.54) is 12.1 Å². The van der Waals surface area contributed by atoms with Crippen LogP contribution in [0.5, 0.6) is 0 Å². The van der Waals surface area contributed by atoms with Gasteiger partial charge in [-0.1, -0.05) is 0 Å². The molecule has 0 saturated carbocycles. The van der Waals surface area contributed by atoms with Gasteiger partial charge in [-0.05, 0) is 49.6 Å². The zero-order chi connectivity index (χ0) is 13.8. The van der Waals surface area contributed by atoms with Crippen LogP contribution in [0.1, 0.15) is 5.56 Å². The van der Waals surface area contributed by atoms with Crippen LogP contribution in [0.2, 0.25) is 0 Å². The second-order valence-corrected chi connectivity index (χ2v) is 5.56. The molecule has 0 saturated heterocycles. The summed E-state index contributed by atoms with van der Waals surface area (Å²) in [5, 5.41) is 13.9. The highest BCUT2D eigenvalue weighted by Gasteiger charge is 2.09. The molecule has 0 bridgehead atoms. The van der Waals surface area contributed by atoms with Gasteiger partial charge < -0.3 is 5.32 Å². The molecule has 0 atom stereocenters. The maximum absolute atomic E-state index is 10.7. The van der Waals surface area contributed by atoms with Gasteiger partial charge in [0.05, 0.1) is 10.6 Å². The fourth-order valence-electron chi connectivity index (χ4n) is 1.51. The highest BCUT2D eigenvalue weighted by atomic mass is 79.9. The van der Waals surface area contributed by atoms with E-state index in [0.29, 0.717) is 12.2 Å². The number of pyridine rings is 1. The van der Waals surface area contributed by atoms with E-state index in [0.717, 1.165) is 14.5 Å². The van der Waals surface area contributed by atoms with Gasteiger partial charge in [-0.2, -0.15) is 0 Å². The summed E-state index contributed by atoms with van der Waals surface area (Å²) in [7, 11) is 0. The number of benzene rings is 1. The van der Waals surface area contributed by atoms with Gasteiger partial charge in [0.15, 0.2) is 0 Å². The number of aromatic nitrogens is 1. The van der Waals surface area contributed by atoms with Gasteiger partial charge in [0.1, 0.15) is 0 Å². The normalized spacial score (nSPS) is 10.2. The Morgan fingerprint density at radius 3 is 2.74 bits per heavy atom. The third-order valence-electron chi connectivity index (χ3n) is 2.41.